The number of carbonyl (C=O) groups is 1. The van der Waals surface area contributed by atoms with Crippen LogP contribution in [0.3, 0.4) is 0 Å². The molecule has 0 unspecified atom stereocenters. The van der Waals surface area contributed by atoms with E-state index in [1.54, 1.807) is 0 Å². The summed E-state index contributed by atoms with van der Waals surface area (Å²) >= 11 is 0. The van der Waals surface area contributed by atoms with Crippen molar-refractivity contribution in [1.29, 1.82) is 10.5 Å². The van der Waals surface area contributed by atoms with Gasteiger partial charge in [-0.15, -0.1) is 0 Å². The highest BCUT2D eigenvalue weighted by Gasteiger charge is 2.54. The zero-order valence-electron chi connectivity index (χ0n) is 21.2. The Morgan fingerprint density at radius 2 is 1.26 bits per heavy atom. The summed E-state index contributed by atoms with van der Waals surface area (Å²) in [5.74, 6) is -0.636. The van der Waals surface area contributed by atoms with Crippen LogP contribution in [-0.4, -0.2) is 16.7 Å². The third kappa shape index (κ3) is 4.13. The van der Waals surface area contributed by atoms with Crippen LogP contribution in [0.15, 0.2) is 127 Å². The molecule has 1 fully saturated rings. The van der Waals surface area contributed by atoms with Crippen molar-refractivity contribution in [2.45, 2.75) is 18.0 Å². The summed E-state index contributed by atoms with van der Waals surface area (Å²) in [6, 6.07) is 40.9. The van der Waals surface area contributed by atoms with Crippen LogP contribution in [0.1, 0.15) is 44.6 Å². The minimum atomic E-state index is -0.535. The maximum Gasteiger partial charge on any atom is 0.185 e. The van der Waals surface area contributed by atoms with E-state index in [0.717, 1.165) is 22.3 Å². The summed E-state index contributed by atoms with van der Waals surface area (Å²) < 4.78 is 0. The second-order valence-electron chi connectivity index (χ2n) is 9.85. The molecule has 0 radical (unpaired) electrons. The fourth-order valence-electron chi connectivity index (χ4n) is 6.32. The summed E-state index contributed by atoms with van der Waals surface area (Å²) in [6.07, 6.45) is 4.08. The number of allylic oxidation sites excluding steroid dienone is 1. The molecule has 4 heteroatoms. The van der Waals surface area contributed by atoms with Crippen LogP contribution in [0.2, 0.25) is 0 Å². The molecule has 0 spiro atoms. The van der Waals surface area contributed by atoms with Gasteiger partial charge in [0.25, 0.3) is 0 Å². The van der Waals surface area contributed by atoms with E-state index in [9.17, 15) is 15.3 Å². The van der Waals surface area contributed by atoms with Crippen molar-refractivity contribution < 1.29 is 4.79 Å². The smallest absolute Gasteiger partial charge is 0.185 e. The molecule has 0 N–H and O–H groups in total. The van der Waals surface area contributed by atoms with Gasteiger partial charge in [-0.3, -0.25) is 4.79 Å². The third-order valence-corrected chi connectivity index (χ3v) is 7.87. The fourth-order valence-corrected chi connectivity index (χ4v) is 6.32. The van der Waals surface area contributed by atoms with E-state index in [1.807, 2.05) is 97.2 Å². The second-order valence-corrected chi connectivity index (χ2v) is 9.85. The molecule has 186 valence electrons. The molecule has 0 saturated carbocycles. The first kappa shape index (κ1) is 24.2. The number of fused-ring (bicyclic) bond motifs is 3. The maximum atomic E-state index is 14.4. The number of Topliss-reactive ketones (excluding diaryl/α,β-unsaturated/α-hetero) is 1. The van der Waals surface area contributed by atoms with Crippen molar-refractivity contribution in [3.8, 4) is 12.1 Å². The lowest BCUT2D eigenvalue weighted by Gasteiger charge is -2.35. The molecular weight excluding hydrogens is 478 g/mol. The van der Waals surface area contributed by atoms with E-state index >= 15 is 0 Å². The monoisotopic (exact) mass is 503 g/mol. The highest BCUT2D eigenvalue weighted by Crippen LogP contribution is 2.58. The molecule has 1 saturated heterocycles. The van der Waals surface area contributed by atoms with Crippen molar-refractivity contribution in [2.75, 3.05) is 0 Å². The predicted molar refractivity (Wildman–Crippen MR) is 152 cm³/mol. The van der Waals surface area contributed by atoms with E-state index in [0.29, 0.717) is 11.1 Å². The van der Waals surface area contributed by atoms with E-state index < -0.39 is 6.04 Å². The lowest BCUT2D eigenvalue weighted by atomic mass is 9.71. The van der Waals surface area contributed by atoms with Gasteiger partial charge >= 0.3 is 0 Å². The molecule has 0 bridgehead atoms. The molecule has 4 aromatic carbocycles. The first-order valence-electron chi connectivity index (χ1n) is 13.0. The predicted octanol–water partition coefficient (Wildman–Crippen LogP) is 7.18. The first-order chi connectivity index (χ1) is 19.2. The molecule has 0 aliphatic carbocycles. The summed E-state index contributed by atoms with van der Waals surface area (Å²) in [5.41, 5.74) is 5.37. The molecule has 6 rings (SSSR count). The Bertz CT molecular complexity index is 1640. The van der Waals surface area contributed by atoms with Crippen molar-refractivity contribution in [3.05, 3.63) is 155 Å². The van der Waals surface area contributed by atoms with Crippen molar-refractivity contribution in [2.24, 2.45) is 5.92 Å². The van der Waals surface area contributed by atoms with Gasteiger partial charge in [0, 0.05) is 23.6 Å². The summed E-state index contributed by atoms with van der Waals surface area (Å²) in [4.78, 5) is 16.6. The van der Waals surface area contributed by atoms with E-state index in [1.165, 1.54) is 0 Å². The summed E-state index contributed by atoms with van der Waals surface area (Å²) in [7, 11) is 0. The van der Waals surface area contributed by atoms with Gasteiger partial charge in [-0.2, -0.15) is 10.5 Å². The van der Waals surface area contributed by atoms with Gasteiger partial charge < -0.3 is 4.90 Å². The van der Waals surface area contributed by atoms with E-state index in [4.69, 9.17) is 0 Å². The van der Waals surface area contributed by atoms with Crippen LogP contribution in [0.5, 0.6) is 0 Å². The van der Waals surface area contributed by atoms with Crippen LogP contribution < -0.4 is 0 Å². The van der Waals surface area contributed by atoms with Gasteiger partial charge in [0.2, 0.25) is 0 Å². The zero-order valence-corrected chi connectivity index (χ0v) is 21.2. The van der Waals surface area contributed by atoms with E-state index in [2.05, 4.69) is 47.4 Å². The van der Waals surface area contributed by atoms with Crippen LogP contribution in [-0.2, 0) is 0 Å². The van der Waals surface area contributed by atoms with Crippen molar-refractivity contribution >= 4 is 17.4 Å². The number of hydrogen-bond acceptors (Lipinski definition) is 4. The number of hydrogen-bond donors (Lipinski definition) is 0. The van der Waals surface area contributed by atoms with Crippen LogP contribution in [0.25, 0.3) is 11.6 Å². The SMILES string of the molecule is N#CC(C#N)=C(c1ccccc1)[C@H]1[C@@H](c2ccccc2)[C@@H](C(=O)c2ccccc2)N2C=Cc3ccccc3[C@@H]12. The number of carbonyl (C=O) groups excluding carboxylic acids is 1. The van der Waals surface area contributed by atoms with Crippen LogP contribution >= 0.6 is 0 Å². The lowest BCUT2D eigenvalue weighted by Crippen LogP contribution is -2.37. The second kappa shape index (κ2) is 10.3. The Kier molecular flexibility index (Phi) is 6.37. The van der Waals surface area contributed by atoms with Gasteiger partial charge in [0.1, 0.15) is 17.7 Å². The Balaban J connectivity index is 1.67. The molecule has 2 aliphatic rings. The highest BCUT2D eigenvalue weighted by molar-refractivity contribution is 6.02. The maximum absolute atomic E-state index is 14.4. The molecule has 39 heavy (non-hydrogen) atoms. The summed E-state index contributed by atoms with van der Waals surface area (Å²) in [5, 5.41) is 20.4. The van der Waals surface area contributed by atoms with E-state index in [-0.39, 0.29) is 29.2 Å². The Morgan fingerprint density at radius 1 is 0.692 bits per heavy atom. The molecule has 4 nitrogen and oxygen atoms in total. The first-order valence-corrected chi connectivity index (χ1v) is 13.0. The largest absolute Gasteiger partial charge is 0.359 e. The van der Waals surface area contributed by atoms with Gasteiger partial charge in [-0.05, 0) is 33.9 Å². The molecular formula is C35H25N3O. The number of rotatable bonds is 5. The highest BCUT2D eigenvalue weighted by atomic mass is 16.1. The quantitative estimate of drug-likeness (QED) is 0.214. The topological polar surface area (TPSA) is 67.9 Å². The molecule has 4 atom stereocenters. The standard InChI is InChI=1S/C35H25N3O/c36-22-28(23-37)30(25-13-4-1-5-14-25)32-31(26-15-6-2-7-16-26)34(35(39)27-17-8-3-9-18-27)38-21-20-24-12-10-11-19-29(24)33(32)38/h1-21,31-34H/t31-,32+,33+,34+/m1/s1. The van der Waals surface area contributed by atoms with Gasteiger partial charge in [0.15, 0.2) is 5.78 Å². The van der Waals surface area contributed by atoms with Crippen LogP contribution in [0.4, 0.5) is 0 Å². The molecule has 2 aliphatic heterocycles. The minimum absolute atomic E-state index is 0.0175. The number of nitrogens with zero attached hydrogens (tertiary/aromatic N) is 3. The van der Waals surface area contributed by atoms with Crippen molar-refractivity contribution in [3.63, 3.8) is 0 Å². The Labute approximate surface area is 228 Å². The third-order valence-electron chi connectivity index (χ3n) is 7.87. The normalized spacial score (nSPS) is 20.7. The fraction of sp³-hybridized carbons (Fsp3) is 0.114. The Hall–Kier alpha value is -5.19. The minimum Gasteiger partial charge on any atom is -0.359 e. The van der Waals surface area contributed by atoms with Gasteiger partial charge in [-0.1, -0.05) is 115 Å². The molecule has 0 aromatic heterocycles. The van der Waals surface area contributed by atoms with Gasteiger partial charge in [0.05, 0.1) is 12.1 Å². The van der Waals surface area contributed by atoms with Gasteiger partial charge in [-0.25, -0.2) is 0 Å². The number of benzene rings is 4. The average molecular weight is 504 g/mol. The molecule has 4 aromatic rings. The van der Waals surface area contributed by atoms with Crippen molar-refractivity contribution in [1.82, 2.24) is 4.90 Å². The number of nitriles is 2. The lowest BCUT2D eigenvalue weighted by molar-refractivity contribution is 0.0874. The Morgan fingerprint density at radius 3 is 1.90 bits per heavy atom. The molecule has 2 heterocycles. The summed E-state index contributed by atoms with van der Waals surface area (Å²) in [6.45, 7) is 0. The van der Waals surface area contributed by atoms with Crippen LogP contribution in [0, 0.1) is 28.6 Å². The zero-order chi connectivity index (χ0) is 26.8. The average Bonchev–Trinajstić information content (AvgIpc) is 3.36. The molecule has 0 amide bonds. The number of ketones is 1.